The molecule has 0 saturated carbocycles. The highest BCUT2D eigenvalue weighted by Crippen LogP contribution is 2.20. The lowest BCUT2D eigenvalue weighted by molar-refractivity contribution is 0.304. The van der Waals surface area contributed by atoms with Crippen LogP contribution >= 0.6 is 0 Å². The molecule has 0 aliphatic heterocycles. The number of nitrogen functional groups attached to an aromatic ring is 1. The second kappa shape index (κ2) is 5.53. The monoisotopic (exact) mass is 193 g/mol. The van der Waals surface area contributed by atoms with Gasteiger partial charge in [0.25, 0.3) is 0 Å². The number of unbranched alkanes of at least 4 members (excludes halogenated alkanes) is 2. The van der Waals surface area contributed by atoms with Crippen molar-refractivity contribution < 1.29 is 4.74 Å². The number of anilines is 1. The molecule has 0 bridgehead atoms. The summed E-state index contributed by atoms with van der Waals surface area (Å²) >= 11 is 0. The van der Waals surface area contributed by atoms with Crippen LogP contribution in [0.15, 0.2) is 18.2 Å². The van der Waals surface area contributed by atoms with Crippen LogP contribution in [-0.2, 0) is 0 Å². The molecule has 0 unspecified atom stereocenters. The largest absolute Gasteiger partial charge is 0.493 e. The Hall–Kier alpha value is -1.18. The molecule has 0 amide bonds. The summed E-state index contributed by atoms with van der Waals surface area (Å²) < 4.78 is 5.64. The van der Waals surface area contributed by atoms with Gasteiger partial charge < -0.3 is 10.5 Å². The molecule has 14 heavy (non-hydrogen) atoms. The molecule has 0 atom stereocenters. The molecule has 0 aromatic heterocycles. The van der Waals surface area contributed by atoms with E-state index in [0.29, 0.717) is 0 Å². The van der Waals surface area contributed by atoms with Crippen LogP contribution in [0.1, 0.15) is 31.7 Å². The lowest BCUT2D eigenvalue weighted by Crippen LogP contribution is -1.99. The van der Waals surface area contributed by atoms with Crippen LogP contribution in [0.5, 0.6) is 5.75 Å². The molecule has 2 N–H and O–H groups in total. The average molecular weight is 193 g/mol. The van der Waals surface area contributed by atoms with E-state index in [0.717, 1.165) is 30.0 Å². The molecule has 2 heteroatoms. The first-order valence-corrected chi connectivity index (χ1v) is 5.23. The molecule has 0 fully saturated rings. The number of ether oxygens (including phenoxy) is 1. The van der Waals surface area contributed by atoms with E-state index in [-0.39, 0.29) is 0 Å². The zero-order valence-electron chi connectivity index (χ0n) is 9.05. The normalized spacial score (nSPS) is 10.1. The van der Waals surface area contributed by atoms with E-state index in [2.05, 4.69) is 6.92 Å². The van der Waals surface area contributed by atoms with Crippen molar-refractivity contribution in [2.45, 2.75) is 33.1 Å². The van der Waals surface area contributed by atoms with Gasteiger partial charge in [0.2, 0.25) is 0 Å². The highest BCUT2D eigenvalue weighted by molar-refractivity contribution is 5.47. The van der Waals surface area contributed by atoms with Gasteiger partial charge in [0.1, 0.15) is 5.75 Å². The zero-order chi connectivity index (χ0) is 10.4. The first-order chi connectivity index (χ1) is 6.74. The van der Waals surface area contributed by atoms with E-state index in [9.17, 15) is 0 Å². The molecular weight excluding hydrogens is 174 g/mol. The summed E-state index contributed by atoms with van der Waals surface area (Å²) in [6, 6.07) is 5.76. The number of benzene rings is 1. The fourth-order valence-electron chi connectivity index (χ4n) is 1.37. The van der Waals surface area contributed by atoms with Gasteiger partial charge in [-0.1, -0.05) is 19.8 Å². The minimum Gasteiger partial charge on any atom is -0.493 e. The average Bonchev–Trinajstić information content (AvgIpc) is 2.15. The fraction of sp³-hybridized carbons (Fsp3) is 0.500. The number of hydrogen-bond acceptors (Lipinski definition) is 2. The Labute approximate surface area is 86.1 Å². The zero-order valence-corrected chi connectivity index (χ0v) is 9.05. The first kappa shape index (κ1) is 10.9. The van der Waals surface area contributed by atoms with Crippen molar-refractivity contribution in [2.24, 2.45) is 0 Å². The Balaban J connectivity index is 2.42. The van der Waals surface area contributed by atoms with E-state index in [1.165, 1.54) is 12.8 Å². The molecule has 0 radical (unpaired) electrons. The van der Waals surface area contributed by atoms with Gasteiger partial charge in [0.05, 0.1) is 6.61 Å². The van der Waals surface area contributed by atoms with Crippen LogP contribution in [0.4, 0.5) is 5.69 Å². The molecule has 78 valence electrons. The molecule has 1 aromatic rings. The van der Waals surface area contributed by atoms with Crippen LogP contribution in [0, 0.1) is 6.92 Å². The van der Waals surface area contributed by atoms with Crippen molar-refractivity contribution in [1.82, 2.24) is 0 Å². The Morgan fingerprint density at radius 3 is 2.71 bits per heavy atom. The highest BCUT2D eigenvalue weighted by Gasteiger charge is 1.98. The van der Waals surface area contributed by atoms with Crippen LogP contribution in [0.3, 0.4) is 0 Å². The van der Waals surface area contributed by atoms with E-state index < -0.39 is 0 Å². The van der Waals surface area contributed by atoms with Crippen LogP contribution < -0.4 is 10.5 Å². The second-order valence-electron chi connectivity index (χ2n) is 3.58. The van der Waals surface area contributed by atoms with E-state index in [1.807, 2.05) is 25.1 Å². The van der Waals surface area contributed by atoms with Crippen LogP contribution in [0.2, 0.25) is 0 Å². The van der Waals surface area contributed by atoms with Crippen molar-refractivity contribution in [3.63, 3.8) is 0 Å². The molecule has 0 spiro atoms. The maximum absolute atomic E-state index is 5.65. The van der Waals surface area contributed by atoms with Gasteiger partial charge in [-0.3, -0.25) is 0 Å². The van der Waals surface area contributed by atoms with Crippen molar-refractivity contribution in [2.75, 3.05) is 12.3 Å². The minimum atomic E-state index is 0.795. The van der Waals surface area contributed by atoms with Gasteiger partial charge in [-0.15, -0.1) is 0 Å². The van der Waals surface area contributed by atoms with E-state index >= 15 is 0 Å². The number of rotatable bonds is 5. The highest BCUT2D eigenvalue weighted by atomic mass is 16.5. The first-order valence-electron chi connectivity index (χ1n) is 5.23. The molecule has 2 nitrogen and oxygen atoms in total. The van der Waals surface area contributed by atoms with Gasteiger partial charge in [-0.2, -0.15) is 0 Å². The predicted molar refractivity (Wildman–Crippen MR) is 60.6 cm³/mol. The summed E-state index contributed by atoms with van der Waals surface area (Å²) in [4.78, 5) is 0. The SMILES string of the molecule is CCCCCOc1ccc(N)cc1C. The Bertz CT molecular complexity index is 284. The molecule has 0 saturated heterocycles. The predicted octanol–water partition coefficient (Wildman–Crippen LogP) is 3.15. The quantitative estimate of drug-likeness (QED) is 0.576. The van der Waals surface area contributed by atoms with Crippen LogP contribution in [-0.4, -0.2) is 6.61 Å². The number of hydrogen-bond donors (Lipinski definition) is 1. The number of aryl methyl sites for hydroxylation is 1. The lowest BCUT2D eigenvalue weighted by atomic mass is 10.2. The van der Waals surface area contributed by atoms with Gasteiger partial charge >= 0.3 is 0 Å². The third-order valence-corrected chi connectivity index (χ3v) is 2.20. The molecule has 1 aromatic carbocycles. The summed E-state index contributed by atoms with van der Waals surface area (Å²) in [5, 5.41) is 0. The molecule has 0 aliphatic carbocycles. The maximum Gasteiger partial charge on any atom is 0.122 e. The van der Waals surface area contributed by atoms with Gasteiger partial charge in [-0.25, -0.2) is 0 Å². The number of nitrogens with two attached hydrogens (primary N) is 1. The van der Waals surface area contributed by atoms with Crippen molar-refractivity contribution in [3.05, 3.63) is 23.8 Å². The van der Waals surface area contributed by atoms with Crippen molar-refractivity contribution in [1.29, 1.82) is 0 Å². The van der Waals surface area contributed by atoms with Gasteiger partial charge in [0, 0.05) is 5.69 Å². The Kier molecular flexibility index (Phi) is 4.30. The third kappa shape index (κ3) is 3.29. The van der Waals surface area contributed by atoms with Gasteiger partial charge in [-0.05, 0) is 37.1 Å². The van der Waals surface area contributed by atoms with Crippen molar-refractivity contribution in [3.8, 4) is 5.75 Å². The molecule has 0 heterocycles. The summed E-state index contributed by atoms with van der Waals surface area (Å²) in [7, 11) is 0. The minimum absolute atomic E-state index is 0.795. The van der Waals surface area contributed by atoms with E-state index in [4.69, 9.17) is 10.5 Å². The lowest BCUT2D eigenvalue weighted by Gasteiger charge is -2.08. The Morgan fingerprint density at radius 2 is 2.07 bits per heavy atom. The Morgan fingerprint density at radius 1 is 1.29 bits per heavy atom. The summed E-state index contributed by atoms with van der Waals surface area (Å²) in [5.41, 5.74) is 7.56. The maximum atomic E-state index is 5.65. The second-order valence-corrected chi connectivity index (χ2v) is 3.58. The fourth-order valence-corrected chi connectivity index (χ4v) is 1.37. The van der Waals surface area contributed by atoms with Crippen molar-refractivity contribution >= 4 is 5.69 Å². The topological polar surface area (TPSA) is 35.2 Å². The summed E-state index contributed by atoms with van der Waals surface area (Å²) in [6.07, 6.45) is 3.58. The van der Waals surface area contributed by atoms with Crippen LogP contribution in [0.25, 0.3) is 0 Å². The van der Waals surface area contributed by atoms with Gasteiger partial charge in [0.15, 0.2) is 0 Å². The molecule has 0 aliphatic rings. The summed E-state index contributed by atoms with van der Waals surface area (Å²) in [5.74, 6) is 0.954. The summed E-state index contributed by atoms with van der Waals surface area (Å²) in [6.45, 7) is 5.01. The van der Waals surface area contributed by atoms with E-state index in [1.54, 1.807) is 0 Å². The molecule has 1 rings (SSSR count). The molecular formula is C12H19NO. The smallest absolute Gasteiger partial charge is 0.122 e. The standard InChI is InChI=1S/C12H19NO/c1-3-4-5-8-14-12-7-6-11(13)9-10(12)2/h6-7,9H,3-5,8,13H2,1-2H3. The third-order valence-electron chi connectivity index (χ3n) is 2.20.